The molecule has 3 N–H and O–H groups in total. The van der Waals surface area contributed by atoms with Crippen molar-refractivity contribution in [1.82, 2.24) is 15.8 Å². The number of carbonyl (C=O) groups is 1. The van der Waals surface area contributed by atoms with Crippen LogP contribution < -0.4 is 10.6 Å². The van der Waals surface area contributed by atoms with Crippen molar-refractivity contribution >= 4 is 5.91 Å². The maximum absolute atomic E-state index is 11.9. The van der Waals surface area contributed by atoms with E-state index in [4.69, 9.17) is 9.63 Å². The number of unbranched alkanes of at least 4 members (excludes halogenated alkanes) is 2. The molecule has 0 spiro atoms. The number of aryl methyl sites for hydroxylation is 1. The van der Waals surface area contributed by atoms with Gasteiger partial charge in [-0.05, 0) is 38.3 Å². The first kappa shape index (κ1) is 15.0. The van der Waals surface area contributed by atoms with Gasteiger partial charge in [0.05, 0.1) is 0 Å². The summed E-state index contributed by atoms with van der Waals surface area (Å²) in [5, 5.41) is 18.7. The minimum atomic E-state index is -0.165. The lowest BCUT2D eigenvalue weighted by molar-refractivity contribution is 0.0939. The Morgan fingerprint density at radius 1 is 1.50 bits per heavy atom. The van der Waals surface area contributed by atoms with Crippen molar-refractivity contribution in [3.63, 3.8) is 0 Å². The fourth-order valence-electron chi connectivity index (χ4n) is 2.34. The maximum Gasteiger partial charge on any atom is 0.273 e. The smallest absolute Gasteiger partial charge is 0.273 e. The van der Waals surface area contributed by atoms with Crippen molar-refractivity contribution < 1.29 is 14.4 Å². The van der Waals surface area contributed by atoms with Gasteiger partial charge in [-0.1, -0.05) is 11.6 Å². The van der Waals surface area contributed by atoms with Crippen LogP contribution in [-0.2, 0) is 6.42 Å². The van der Waals surface area contributed by atoms with Crippen LogP contribution in [0.5, 0.6) is 0 Å². The van der Waals surface area contributed by atoms with Crippen molar-refractivity contribution in [3.8, 4) is 0 Å². The number of aromatic nitrogens is 1. The van der Waals surface area contributed by atoms with Crippen LogP contribution >= 0.6 is 0 Å². The standard InChI is InChI=1S/C14H23N3O3/c18-7-3-1-2-4-12-8-13(17-20-12)14(19)16-10-11-5-6-15-9-11/h8,11,15,18H,1-7,9-10H2,(H,16,19). The summed E-state index contributed by atoms with van der Waals surface area (Å²) in [6.45, 7) is 2.91. The van der Waals surface area contributed by atoms with Gasteiger partial charge in [-0.15, -0.1) is 0 Å². The Balaban J connectivity index is 1.71. The summed E-state index contributed by atoms with van der Waals surface area (Å²) in [6.07, 6.45) is 4.55. The highest BCUT2D eigenvalue weighted by Gasteiger charge is 2.17. The molecule has 1 fully saturated rings. The van der Waals surface area contributed by atoms with Gasteiger partial charge in [0, 0.05) is 25.6 Å². The van der Waals surface area contributed by atoms with Gasteiger partial charge >= 0.3 is 0 Å². The average molecular weight is 281 g/mol. The topological polar surface area (TPSA) is 87.4 Å². The molecule has 1 amide bonds. The van der Waals surface area contributed by atoms with Crippen LogP contribution in [0.2, 0.25) is 0 Å². The van der Waals surface area contributed by atoms with Crippen LogP contribution in [0, 0.1) is 5.92 Å². The van der Waals surface area contributed by atoms with Crippen molar-refractivity contribution in [2.45, 2.75) is 32.1 Å². The van der Waals surface area contributed by atoms with Gasteiger partial charge in [0.15, 0.2) is 5.69 Å². The molecule has 6 heteroatoms. The summed E-state index contributed by atoms with van der Waals surface area (Å²) in [6, 6.07) is 1.71. The number of aliphatic hydroxyl groups is 1. The number of carbonyl (C=O) groups excluding carboxylic acids is 1. The number of hydrogen-bond acceptors (Lipinski definition) is 5. The molecule has 1 unspecified atom stereocenters. The van der Waals surface area contributed by atoms with E-state index in [1.54, 1.807) is 6.07 Å². The van der Waals surface area contributed by atoms with Gasteiger partial charge in [-0.3, -0.25) is 4.79 Å². The van der Waals surface area contributed by atoms with Gasteiger partial charge in [0.1, 0.15) is 5.76 Å². The molecule has 2 rings (SSSR count). The van der Waals surface area contributed by atoms with Gasteiger partial charge in [0.25, 0.3) is 5.91 Å². The van der Waals surface area contributed by atoms with Crippen molar-refractivity contribution in [2.75, 3.05) is 26.2 Å². The summed E-state index contributed by atoms with van der Waals surface area (Å²) >= 11 is 0. The Hall–Kier alpha value is -1.40. The largest absolute Gasteiger partial charge is 0.396 e. The number of amides is 1. The molecule has 6 nitrogen and oxygen atoms in total. The maximum atomic E-state index is 11.9. The molecule has 0 aliphatic carbocycles. The van der Waals surface area contributed by atoms with E-state index < -0.39 is 0 Å². The Labute approximate surface area is 118 Å². The minimum absolute atomic E-state index is 0.165. The third kappa shape index (κ3) is 4.61. The number of nitrogens with zero attached hydrogens (tertiary/aromatic N) is 1. The molecule has 1 aliphatic heterocycles. The minimum Gasteiger partial charge on any atom is -0.396 e. The van der Waals surface area contributed by atoms with Crippen LogP contribution in [0.4, 0.5) is 0 Å². The Kier molecular flexibility index (Phi) is 6.01. The SMILES string of the molecule is O=C(NCC1CCNC1)c1cc(CCCCCO)on1. The van der Waals surface area contributed by atoms with Gasteiger partial charge in [0.2, 0.25) is 0 Å². The van der Waals surface area contributed by atoms with E-state index in [0.29, 0.717) is 18.2 Å². The van der Waals surface area contributed by atoms with Crippen molar-refractivity contribution in [1.29, 1.82) is 0 Å². The predicted molar refractivity (Wildman–Crippen MR) is 74.5 cm³/mol. The average Bonchev–Trinajstić information content (AvgIpc) is 3.12. The lowest BCUT2D eigenvalue weighted by Crippen LogP contribution is -2.30. The van der Waals surface area contributed by atoms with E-state index in [-0.39, 0.29) is 12.5 Å². The fraction of sp³-hybridized carbons (Fsp3) is 0.714. The van der Waals surface area contributed by atoms with Gasteiger partial charge < -0.3 is 20.3 Å². The summed E-state index contributed by atoms with van der Waals surface area (Å²) in [4.78, 5) is 11.9. The van der Waals surface area contributed by atoms with Gasteiger partial charge in [-0.25, -0.2) is 0 Å². The molecular formula is C14H23N3O3. The van der Waals surface area contributed by atoms with E-state index in [9.17, 15) is 4.79 Å². The van der Waals surface area contributed by atoms with E-state index >= 15 is 0 Å². The molecule has 1 aromatic rings. The fourth-order valence-corrected chi connectivity index (χ4v) is 2.34. The molecule has 0 aromatic carbocycles. The zero-order chi connectivity index (χ0) is 14.2. The molecule has 112 valence electrons. The third-order valence-electron chi connectivity index (χ3n) is 3.59. The number of hydrogen-bond donors (Lipinski definition) is 3. The first-order chi connectivity index (χ1) is 9.79. The Bertz CT molecular complexity index is 414. The summed E-state index contributed by atoms with van der Waals surface area (Å²) in [5.41, 5.74) is 0.355. The van der Waals surface area contributed by atoms with E-state index in [2.05, 4.69) is 15.8 Å². The quantitative estimate of drug-likeness (QED) is 0.611. The van der Waals surface area contributed by atoms with Crippen LogP contribution in [0.1, 0.15) is 41.9 Å². The van der Waals surface area contributed by atoms with E-state index in [1.165, 1.54) is 0 Å². The second kappa shape index (κ2) is 8.01. The highest BCUT2D eigenvalue weighted by atomic mass is 16.5. The van der Waals surface area contributed by atoms with E-state index in [1.807, 2.05) is 0 Å². The lowest BCUT2D eigenvalue weighted by atomic mass is 10.1. The second-order valence-electron chi connectivity index (χ2n) is 5.28. The normalized spacial score (nSPS) is 18.4. The highest BCUT2D eigenvalue weighted by Crippen LogP contribution is 2.10. The van der Waals surface area contributed by atoms with Crippen molar-refractivity contribution in [2.24, 2.45) is 5.92 Å². The Morgan fingerprint density at radius 2 is 2.40 bits per heavy atom. The molecule has 1 aliphatic rings. The van der Waals surface area contributed by atoms with Crippen LogP contribution in [0.15, 0.2) is 10.6 Å². The van der Waals surface area contributed by atoms with E-state index in [0.717, 1.165) is 51.0 Å². The molecule has 20 heavy (non-hydrogen) atoms. The second-order valence-corrected chi connectivity index (χ2v) is 5.28. The summed E-state index contributed by atoms with van der Waals surface area (Å²) in [5.74, 6) is 1.08. The van der Waals surface area contributed by atoms with Crippen LogP contribution in [-0.4, -0.2) is 42.4 Å². The number of aliphatic hydroxyl groups excluding tert-OH is 1. The number of rotatable bonds is 8. The van der Waals surface area contributed by atoms with Crippen molar-refractivity contribution in [3.05, 3.63) is 17.5 Å². The van der Waals surface area contributed by atoms with Gasteiger partial charge in [-0.2, -0.15) is 0 Å². The molecule has 1 atom stereocenters. The van der Waals surface area contributed by atoms with Crippen LogP contribution in [0.3, 0.4) is 0 Å². The summed E-state index contributed by atoms with van der Waals surface area (Å²) in [7, 11) is 0. The molecule has 0 saturated carbocycles. The van der Waals surface area contributed by atoms with Crippen LogP contribution in [0.25, 0.3) is 0 Å². The Morgan fingerprint density at radius 3 is 3.15 bits per heavy atom. The zero-order valence-corrected chi connectivity index (χ0v) is 11.7. The molecule has 0 radical (unpaired) electrons. The third-order valence-corrected chi connectivity index (χ3v) is 3.59. The molecule has 0 bridgehead atoms. The molecule has 1 aromatic heterocycles. The summed E-state index contributed by atoms with van der Waals surface area (Å²) < 4.78 is 5.15. The zero-order valence-electron chi connectivity index (χ0n) is 11.7. The first-order valence-electron chi connectivity index (χ1n) is 7.35. The molecule has 2 heterocycles. The number of nitrogens with one attached hydrogen (secondary N) is 2. The lowest BCUT2D eigenvalue weighted by Gasteiger charge is -2.08. The first-order valence-corrected chi connectivity index (χ1v) is 7.35. The monoisotopic (exact) mass is 281 g/mol. The highest BCUT2D eigenvalue weighted by molar-refractivity contribution is 5.92. The molecule has 1 saturated heterocycles. The molecular weight excluding hydrogens is 258 g/mol. The predicted octanol–water partition coefficient (Wildman–Crippen LogP) is 0.719.